The van der Waals surface area contributed by atoms with Crippen LogP contribution in [0.3, 0.4) is 0 Å². The number of benzene rings is 1. The topological polar surface area (TPSA) is 97.6 Å². The second kappa shape index (κ2) is 6.26. The fourth-order valence-electron chi connectivity index (χ4n) is 2.21. The molecule has 0 amide bonds. The number of aromatic nitrogens is 4. The van der Waals surface area contributed by atoms with Gasteiger partial charge in [-0.1, -0.05) is 28.9 Å². The zero-order chi connectivity index (χ0) is 17.3. The molecule has 0 saturated heterocycles. The van der Waals surface area contributed by atoms with Crippen LogP contribution in [0.25, 0.3) is 11.4 Å². The smallest absolute Gasteiger partial charge is 0.285 e. The maximum atomic E-state index is 12.3. The Morgan fingerprint density at radius 2 is 2.08 bits per heavy atom. The monoisotopic (exact) mass is 341 g/mol. The Kier molecular flexibility index (Phi) is 4.15. The molecule has 0 spiro atoms. The molecule has 2 aromatic heterocycles. The van der Waals surface area contributed by atoms with Crippen molar-refractivity contribution in [2.24, 2.45) is 0 Å². The third-order valence-electron chi connectivity index (χ3n) is 3.62. The Hall–Kier alpha value is -2.98. The molecule has 7 nitrogen and oxygen atoms in total. The van der Waals surface area contributed by atoms with Gasteiger partial charge < -0.3 is 4.52 Å². The van der Waals surface area contributed by atoms with E-state index in [-0.39, 0.29) is 18.0 Å². The molecule has 8 heteroatoms. The van der Waals surface area contributed by atoms with Gasteiger partial charge in [0, 0.05) is 5.56 Å². The summed E-state index contributed by atoms with van der Waals surface area (Å²) in [5.41, 5.74) is 1.37. The molecule has 0 fully saturated rings. The standard InChI is InChI=1S/C16H12ClN5O2/c1-9-10(2)20-22(16(23)12(9)7-18)8-14-19-15(21-24-14)11-5-3-4-6-13(11)17/h3-6H,8H2,1-2H3. The van der Waals surface area contributed by atoms with E-state index in [4.69, 9.17) is 21.4 Å². The van der Waals surface area contributed by atoms with Crippen LogP contribution in [0.4, 0.5) is 0 Å². The van der Waals surface area contributed by atoms with E-state index in [2.05, 4.69) is 15.2 Å². The predicted octanol–water partition coefficient (Wildman–Crippen LogP) is 2.48. The van der Waals surface area contributed by atoms with Gasteiger partial charge in [0.25, 0.3) is 5.56 Å². The van der Waals surface area contributed by atoms with Gasteiger partial charge in [-0.15, -0.1) is 0 Å². The van der Waals surface area contributed by atoms with Crippen molar-refractivity contribution in [3.8, 4) is 17.5 Å². The summed E-state index contributed by atoms with van der Waals surface area (Å²) in [5, 5.41) is 17.7. The minimum Gasteiger partial charge on any atom is -0.337 e. The van der Waals surface area contributed by atoms with Crippen LogP contribution in [-0.4, -0.2) is 19.9 Å². The van der Waals surface area contributed by atoms with Crippen molar-refractivity contribution < 1.29 is 4.52 Å². The maximum absolute atomic E-state index is 12.3. The van der Waals surface area contributed by atoms with E-state index < -0.39 is 5.56 Å². The Balaban J connectivity index is 1.97. The van der Waals surface area contributed by atoms with Crippen LogP contribution in [0.2, 0.25) is 5.02 Å². The van der Waals surface area contributed by atoms with Gasteiger partial charge in [0.15, 0.2) is 0 Å². The molecule has 2 heterocycles. The summed E-state index contributed by atoms with van der Waals surface area (Å²) in [4.78, 5) is 16.5. The molecule has 0 aliphatic heterocycles. The fourth-order valence-corrected chi connectivity index (χ4v) is 2.43. The molecule has 0 saturated carbocycles. The van der Waals surface area contributed by atoms with Gasteiger partial charge in [-0.05, 0) is 31.5 Å². The third-order valence-corrected chi connectivity index (χ3v) is 3.95. The van der Waals surface area contributed by atoms with E-state index >= 15 is 0 Å². The van der Waals surface area contributed by atoms with Crippen LogP contribution in [0.5, 0.6) is 0 Å². The molecule has 1 aromatic carbocycles. The van der Waals surface area contributed by atoms with Crippen molar-refractivity contribution in [1.29, 1.82) is 5.26 Å². The number of hydrogen-bond acceptors (Lipinski definition) is 6. The third kappa shape index (κ3) is 2.79. The highest BCUT2D eigenvalue weighted by atomic mass is 35.5. The molecule has 0 aliphatic carbocycles. The zero-order valence-electron chi connectivity index (χ0n) is 12.9. The SMILES string of the molecule is Cc1nn(Cc2nc(-c3ccccc3Cl)no2)c(=O)c(C#N)c1C. The zero-order valence-corrected chi connectivity index (χ0v) is 13.7. The first kappa shape index (κ1) is 15.9. The molecule has 0 aliphatic rings. The predicted molar refractivity (Wildman–Crippen MR) is 86.5 cm³/mol. The van der Waals surface area contributed by atoms with E-state index in [9.17, 15) is 4.79 Å². The lowest BCUT2D eigenvalue weighted by molar-refractivity contribution is 0.362. The van der Waals surface area contributed by atoms with Crippen LogP contribution in [-0.2, 0) is 6.54 Å². The summed E-state index contributed by atoms with van der Waals surface area (Å²) in [6, 6.07) is 9.02. The minimum atomic E-state index is -0.488. The Morgan fingerprint density at radius 1 is 1.33 bits per heavy atom. The Bertz CT molecular complexity index is 1020. The summed E-state index contributed by atoms with van der Waals surface area (Å²) in [7, 11) is 0. The second-order valence-electron chi connectivity index (χ2n) is 5.15. The number of nitriles is 1. The van der Waals surface area contributed by atoms with Gasteiger partial charge in [-0.3, -0.25) is 4.79 Å². The second-order valence-corrected chi connectivity index (χ2v) is 5.56. The quantitative estimate of drug-likeness (QED) is 0.725. The van der Waals surface area contributed by atoms with Gasteiger partial charge in [-0.2, -0.15) is 15.3 Å². The highest BCUT2D eigenvalue weighted by Crippen LogP contribution is 2.24. The average Bonchev–Trinajstić information content (AvgIpc) is 3.02. The number of rotatable bonds is 3. The van der Waals surface area contributed by atoms with Gasteiger partial charge >= 0.3 is 0 Å². The fraction of sp³-hybridized carbons (Fsp3) is 0.188. The van der Waals surface area contributed by atoms with Crippen molar-refractivity contribution in [1.82, 2.24) is 19.9 Å². The highest BCUT2D eigenvalue weighted by Gasteiger charge is 2.16. The molecule has 0 N–H and O–H groups in total. The summed E-state index contributed by atoms with van der Waals surface area (Å²) in [5.74, 6) is 0.527. The summed E-state index contributed by atoms with van der Waals surface area (Å²) >= 11 is 6.11. The maximum Gasteiger partial charge on any atom is 0.285 e. The van der Waals surface area contributed by atoms with Gasteiger partial charge in [-0.25, -0.2) is 4.68 Å². The number of aryl methyl sites for hydroxylation is 1. The molecule has 120 valence electrons. The first-order chi connectivity index (χ1) is 11.5. The van der Waals surface area contributed by atoms with Crippen LogP contribution < -0.4 is 5.56 Å². The lowest BCUT2D eigenvalue weighted by Crippen LogP contribution is -2.28. The van der Waals surface area contributed by atoms with E-state index in [1.807, 2.05) is 12.1 Å². The summed E-state index contributed by atoms with van der Waals surface area (Å²) in [6.45, 7) is 3.40. The number of hydrogen-bond donors (Lipinski definition) is 0. The highest BCUT2D eigenvalue weighted by molar-refractivity contribution is 6.33. The van der Waals surface area contributed by atoms with Crippen molar-refractivity contribution >= 4 is 11.6 Å². The molecular formula is C16H12ClN5O2. The Labute approximate surface area is 142 Å². The first-order valence-corrected chi connectivity index (χ1v) is 7.45. The molecular weight excluding hydrogens is 330 g/mol. The molecule has 0 bridgehead atoms. The lowest BCUT2D eigenvalue weighted by Gasteiger charge is -2.06. The van der Waals surface area contributed by atoms with Crippen LogP contribution >= 0.6 is 11.6 Å². The van der Waals surface area contributed by atoms with E-state index in [0.717, 1.165) is 4.68 Å². The van der Waals surface area contributed by atoms with Gasteiger partial charge in [0.05, 0.1) is 10.7 Å². The van der Waals surface area contributed by atoms with Crippen LogP contribution in [0.1, 0.15) is 22.7 Å². The molecule has 3 aromatic rings. The molecule has 24 heavy (non-hydrogen) atoms. The number of halogens is 1. The Morgan fingerprint density at radius 3 is 2.79 bits per heavy atom. The summed E-state index contributed by atoms with van der Waals surface area (Å²) < 4.78 is 6.32. The van der Waals surface area contributed by atoms with E-state index in [1.165, 1.54) is 0 Å². The normalized spacial score (nSPS) is 10.6. The summed E-state index contributed by atoms with van der Waals surface area (Å²) in [6.07, 6.45) is 0. The largest absolute Gasteiger partial charge is 0.337 e. The van der Waals surface area contributed by atoms with Crippen molar-refractivity contribution in [2.75, 3.05) is 0 Å². The average molecular weight is 342 g/mol. The first-order valence-electron chi connectivity index (χ1n) is 7.07. The molecule has 0 atom stereocenters. The van der Waals surface area contributed by atoms with Crippen molar-refractivity contribution in [2.45, 2.75) is 20.4 Å². The van der Waals surface area contributed by atoms with E-state index in [1.54, 1.807) is 32.0 Å². The van der Waals surface area contributed by atoms with Crippen molar-refractivity contribution in [3.05, 3.63) is 62.4 Å². The van der Waals surface area contributed by atoms with Crippen molar-refractivity contribution in [3.63, 3.8) is 0 Å². The molecule has 3 rings (SSSR count). The molecule has 0 radical (unpaired) electrons. The van der Waals surface area contributed by atoms with Crippen LogP contribution in [0.15, 0.2) is 33.6 Å². The van der Waals surface area contributed by atoms with E-state index in [0.29, 0.717) is 27.7 Å². The lowest BCUT2D eigenvalue weighted by atomic mass is 10.1. The number of nitrogens with zero attached hydrogens (tertiary/aromatic N) is 5. The van der Waals surface area contributed by atoms with Crippen LogP contribution in [0, 0.1) is 25.2 Å². The minimum absolute atomic E-state index is 0.0217. The van der Waals surface area contributed by atoms with Gasteiger partial charge in [0.1, 0.15) is 18.2 Å². The van der Waals surface area contributed by atoms with Gasteiger partial charge in [0.2, 0.25) is 11.7 Å². The molecule has 0 unspecified atom stereocenters.